The van der Waals surface area contributed by atoms with Crippen LogP contribution in [0.1, 0.15) is 5.56 Å². The van der Waals surface area contributed by atoms with E-state index in [1.807, 2.05) is 12.1 Å². The Morgan fingerprint density at radius 2 is 1.80 bits per heavy atom. The number of thiophene rings is 1. The summed E-state index contributed by atoms with van der Waals surface area (Å²) < 4.78 is 2.16. The largest absolute Gasteiger partial charge is 0.378 e. The van der Waals surface area contributed by atoms with E-state index >= 15 is 0 Å². The molecule has 0 fully saturated rings. The zero-order valence-electron chi connectivity index (χ0n) is 10.3. The molecule has 1 N–H and O–H groups in total. The molecule has 0 aliphatic rings. The van der Waals surface area contributed by atoms with Crippen LogP contribution in [0.25, 0.3) is 10.1 Å². The van der Waals surface area contributed by atoms with Crippen molar-refractivity contribution in [1.82, 2.24) is 0 Å². The molecule has 20 heavy (non-hydrogen) atoms. The van der Waals surface area contributed by atoms with Crippen molar-refractivity contribution >= 4 is 66.2 Å². The molecule has 0 bridgehead atoms. The topological polar surface area (TPSA) is 12.0 Å². The Balaban J connectivity index is 1.87. The lowest BCUT2D eigenvalue weighted by atomic mass is 10.2. The molecule has 0 saturated heterocycles. The molecule has 0 amide bonds. The van der Waals surface area contributed by atoms with Crippen LogP contribution in [0.4, 0.5) is 5.69 Å². The van der Waals surface area contributed by atoms with Gasteiger partial charge < -0.3 is 5.32 Å². The van der Waals surface area contributed by atoms with Crippen LogP contribution in [0.5, 0.6) is 0 Å². The molecule has 1 aromatic heterocycles. The van der Waals surface area contributed by atoms with Gasteiger partial charge in [-0.3, -0.25) is 0 Å². The van der Waals surface area contributed by atoms with Gasteiger partial charge in [-0.2, -0.15) is 0 Å². The minimum atomic E-state index is 0.615. The predicted molar refractivity (Wildman–Crippen MR) is 93.3 cm³/mol. The third kappa shape index (κ3) is 2.82. The van der Waals surface area contributed by atoms with Gasteiger partial charge in [-0.1, -0.05) is 57.3 Å². The average molecular weight is 387 g/mol. The Labute approximate surface area is 139 Å². The van der Waals surface area contributed by atoms with Crippen LogP contribution >= 0.6 is 50.5 Å². The van der Waals surface area contributed by atoms with Gasteiger partial charge in [0.15, 0.2) is 0 Å². The molecule has 1 heterocycles. The third-order valence-electron chi connectivity index (χ3n) is 3.02. The molecule has 0 atom stereocenters. The van der Waals surface area contributed by atoms with E-state index in [4.69, 9.17) is 23.2 Å². The molecular weight excluding hydrogens is 377 g/mol. The molecule has 0 spiro atoms. The average Bonchev–Trinajstić information content (AvgIpc) is 2.81. The zero-order valence-corrected chi connectivity index (χ0v) is 14.2. The SMILES string of the molecule is Clc1cc(Br)cc(Cl)c1NCc1csc2ccccc12. The van der Waals surface area contributed by atoms with E-state index in [2.05, 4.69) is 50.9 Å². The number of hydrogen-bond donors (Lipinski definition) is 1. The van der Waals surface area contributed by atoms with Crippen molar-refractivity contribution < 1.29 is 0 Å². The second kappa shape index (κ2) is 5.94. The first kappa shape index (κ1) is 14.2. The van der Waals surface area contributed by atoms with E-state index in [1.165, 1.54) is 15.6 Å². The zero-order chi connectivity index (χ0) is 14.1. The van der Waals surface area contributed by atoms with Gasteiger partial charge in [0.1, 0.15) is 0 Å². The molecule has 0 aliphatic heterocycles. The van der Waals surface area contributed by atoms with Crippen molar-refractivity contribution in [1.29, 1.82) is 0 Å². The standard InChI is InChI=1S/C15H10BrCl2NS/c16-10-5-12(17)15(13(18)6-10)19-7-9-8-20-14-4-2-1-3-11(9)14/h1-6,8,19H,7H2. The number of fused-ring (bicyclic) bond motifs is 1. The highest BCUT2D eigenvalue weighted by atomic mass is 79.9. The maximum Gasteiger partial charge on any atom is 0.0722 e. The first-order chi connectivity index (χ1) is 9.65. The lowest BCUT2D eigenvalue weighted by Gasteiger charge is -2.10. The first-order valence-electron chi connectivity index (χ1n) is 5.98. The van der Waals surface area contributed by atoms with Gasteiger partial charge in [-0.05, 0) is 34.5 Å². The lowest BCUT2D eigenvalue weighted by molar-refractivity contribution is 1.18. The maximum absolute atomic E-state index is 6.22. The highest BCUT2D eigenvalue weighted by molar-refractivity contribution is 9.10. The molecule has 0 unspecified atom stereocenters. The summed E-state index contributed by atoms with van der Waals surface area (Å²) in [6.45, 7) is 0.699. The first-order valence-corrected chi connectivity index (χ1v) is 8.41. The number of rotatable bonds is 3. The Hall–Kier alpha value is -0.740. The van der Waals surface area contributed by atoms with Crippen LogP contribution in [0.3, 0.4) is 0 Å². The van der Waals surface area contributed by atoms with Crippen molar-refractivity contribution in [3.63, 3.8) is 0 Å². The van der Waals surface area contributed by atoms with E-state index in [1.54, 1.807) is 11.3 Å². The van der Waals surface area contributed by atoms with Gasteiger partial charge in [0, 0.05) is 15.7 Å². The van der Waals surface area contributed by atoms with Crippen LogP contribution in [0, 0.1) is 0 Å². The molecule has 3 rings (SSSR count). The number of halogens is 3. The number of nitrogens with one attached hydrogen (secondary N) is 1. The van der Waals surface area contributed by atoms with Crippen molar-refractivity contribution in [3.8, 4) is 0 Å². The van der Waals surface area contributed by atoms with Crippen LogP contribution in [-0.2, 0) is 6.54 Å². The van der Waals surface area contributed by atoms with Crippen molar-refractivity contribution in [2.45, 2.75) is 6.54 Å². The molecule has 2 aromatic carbocycles. The minimum absolute atomic E-state index is 0.615. The highest BCUT2D eigenvalue weighted by Crippen LogP contribution is 2.35. The van der Waals surface area contributed by atoms with Gasteiger partial charge in [0.05, 0.1) is 15.7 Å². The molecule has 1 nitrogen and oxygen atoms in total. The second-order valence-electron chi connectivity index (χ2n) is 4.36. The Bertz CT molecular complexity index is 746. The second-order valence-corrected chi connectivity index (χ2v) is 7.00. The fraction of sp³-hybridized carbons (Fsp3) is 0.0667. The number of benzene rings is 2. The summed E-state index contributed by atoms with van der Waals surface area (Å²) in [5, 5.41) is 7.99. The van der Waals surface area contributed by atoms with E-state index in [0.29, 0.717) is 16.6 Å². The molecule has 0 saturated carbocycles. The fourth-order valence-electron chi connectivity index (χ4n) is 2.06. The normalized spacial score (nSPS) is 10.9. The van der Waals surface area contributed by atoms with Crippen molar-refractivity contribution in [3.05, 3.63) is 61.9 Å². The van der Waals surface area contributed by atoms with Crippen LogP contribution in [0.2, 0.25) is 10.0 Å². The fourth-order valence-corrected chi connectivity index (χ4v) is 4.37. The Morgan fingerprint density at radius 1 is 1.10 bits per heavy atom. The maximum atomic E-state index is 6.22. The predicted octanol–water partition coefficient (Wildman–Crippen LogP) is 6.58. The molecule has 0 aliphatic carbocycles. The van der Waals surface area contributed by atoms with E-state index in [0.717, 1.165) is 10.2 Å². The molecule has 0 radical (unpaired) electrons. The summed E-state index contributed by atoms with van der Waals surface area (Å²) in [5.41, 5.74) is 2.02. The van der Waals surface area contributed by atoms with Gasteiger partial charge in [0.25, 0.3) is 0 Å². The quantitative estimate of drug-likeness (QED) is 0.535. The molecule has 3 aromatic rings. The molecule has 5 heteroatoms. The Kier molecular flexibility index (Phi) is 4.22. The van der Waals surface area contributed by atoms with Gasteiger partial charge in [-0.25, -0.2) is 0 Å². The summed E-state index contributed by atoms with van der Waals surface area (Å²) in [5.74, 6) is 0. The van der Waals surface area contributed by atoms with E-state index in [9.17, 15) is 0 Å². The van der Waals surface area contributed by atoms with Gasteiger partial charge in [-0.15, -0.1) is 11.3 Å². The van der Waals surface area contributed by atoms with Gasteiger partial charge >= 0.3 is 0 Å². The number of hydrogen-bond acceptors (Lipinski definition) is 2. The molecule has 102 valence electrons. The molecular formula is C15H10BrCl2NS. The van der Waals surface area contributed by atoms with E-state index in [-0.39, 0.29) is 0 Å². The highest BCUT2D eigenvalue weighted by Gasteiger charge is 2.09. The van der Waals surface area contributed by atoms with Crippen LogP contribution in [0.15, 0.2) is 46.3 Å². The minimum Gasteiger partial charge on any atom is -0.378 e. The van der Waals surface area contributed by atoms with Crippen LogP contribution in [-0.4, -0.2) is 0 Å². The van der Waals surface area contributed by atoms with Gasteiger partial charge in [0.2, 0.25) is 0 Å². The van der Waals surface area contributed by atoms with Crippen molar-refractivity contribution in [2.75, 3.05) is 5.32 Å². The summed E-state index contributed by atoms with van der Waals surface area (Å²) in [6.07, 6.45) is 0. The van der Waals surface area contributed by atoms with Crippen molar-refractivity contribution in [2.24, 2.45) is 0 Å². The summed E-state index contributed by atoms with van der Waals surface area (Å²) >= 11 is 17.6. The summed E-state index contributed by atoms with van der Waals surface area (Å²) in [4.78, 5) is 0. The van der Waals surface area contributed by atoms with Crippen LogP contribution < -0.4 is 5.32 Å². The lowest BCUT2D eigenvalue weighted by Crippen LogP contribution is -2.00. The van der Waals surface area contributed by atoms with E-state index < -0.39 is 0 Å². The monoisotopic (exact) mass is 385 g/mol. The smallest absolute Gasteiger partial charge is 0.0722 e. The Morgan fingerprint density at radius 3 is 2.55 bits per heavy atom. The summed E-state index contributed by atoms with van der Waals surface area (Å²) in [6, 6.07) is 12.0. The summed E-state index contributed by atoms with van der Waals surface area (Å²) in [7, 11) is 0. The number of anilines is 1. The third-order valence-corrected chi connectivity index (χ3v) is 5.09.